The minimum Gasteiger partial charge on any atom is -0.461 e. The fourth-order valence-corrected chi connectivity index (χ4v) is 4.30. The largest absolute Gasteiger partial charge is 0.461 e. The normalized spacial score (nSPS) is 18.5. The first kappa shape index (κ1) is 23.5. The van der Waals surface area contributed by atoms with Crippen molar-refractivity contribution in [3.05, 3.63) is 48.3 Å². The Morgan fingerprint density at radius 3 is 2.53 bits per heavy atom. The van der Waals surface area contributed by atoms with E-state index < -0.39 is 12.0 Å². The van der Waals surface area contributed by atoms with Crippen LogP contribution in [0, 0.1) is 5.92 Å². The van der Waals surface area contributed by atoms with Crippen LogP contribution in [0.25, 0.3) is 0 Å². The van der Waals surface area contributed by atoms with E-state index in [0.29, 0.717) is 31.1 Å². The van der Waals surface area contributed by atoms with Gasteiger partial charge in [0.1, 0.15) is 11.8 Å². The van der Waals surface area contributed by atoms with E-state index in [1.165, 1.54) is 0 Å². The summed E-state index contributed by atoms with van der Waals surface area (Å²) in [6.07, 6.45) is 5.03. The second-order valence-corrected chi connectivity index (χ2v) is 8.55. The first-order valence-corrected chi connectivity index (χ1v) is 11.6. The van der Waals surface area contributed by atoms with Crippen LogP contribution in [0.3, 0.4) is 0 Å². The molecule has 1 aromatic heterocycles. The second kappa shape index (κ2) is 10.5. The van der Waals surface area contributed by atoms with E-state index in [1.54, 1.807) is 36.1 Å². The molecule has 1 aromatic carbocycles. The van der Waals surface area contributed by atoms with Gasteiger partial charge in [0.15, 0.2) is 0 Å². The number of aromatic nitrogens is 2. The van der Waals surface area contributed by atoms with E-state index in [-0.39, 0.29) is 30.6 Å². The Hall–Kier alpha value is -3.69. The van der Waals surface area contributed by atoms with Crippen LogP contribution in [0.5, 0.6) is 0 Å². The third kappa shape index (κ3) is 5.27. The number of esters is 1. The van der Waals surface area contributed by atoms with Gasteiger partial charge in [-0.1, -0.05) is 18.2 Å². The minimum atomic E-state index is -0.580. The third-order valence-corrected chi connectivity index (χ3v) is 6.17. The number of likely N-dealkylation sites (tertiary alicyclic amines) is 1. The number of piperidine rings is 1. The van der Waals surface area contributed by atoms with Crippen molar-refractivity contribution < 1.29 is 19.1 Å². The lowest BCUT2D eigenvalue weighted by atomic mass is 9.95. The number of amides is 2. The number of nitrogens with zero attached hydrogens (tertiary/aromatic N) is 5. The van der Waals surface area contributed by atoms with Crippen LogP contribution in [-0.4, -0.2) is 70.5 Å². The molecule has 1 N–H and O–H groups in total. The van der Waals surface area contributed by atoms with Crippen molar-refractivity contribution in [2.45, 2.75) is 32.2 Å². The number of carbonyl (C=O) groups excluding carboxylic acids is 3. The molecule has 1 unspecified atom stereocenters. The highest BCUT2D eigenvalue weighted by molar-refractivity contribution is 6.38. The molecular formula is C24H30N6O4. The van der Waals surface area contributed by atoms with Gasteiger partial charge in [0.05, 0.1) is 24.1 Å². The molecule has 4 rings (SSSR count). The zero-order valence-electron chi connectivity index (χ0n) is 19.5. The number of carbonyl (C=O) groups is 3. The maximum atomic E-state index is 13.5. The standard InChI is InChI=1S/C24H30N6O4/c1-3-34-24(33)20-13-21(30(27-20)19-7-5-4-6-8-19)23(32)29-11-9-17(10-12-29)14-25-22(31)18-15-26-28(2)16-18/h4-8,15-17,21H,3,9-14H2,1-2H3,(H,25,31). The average Bonchev–Trinajstić information content (AvgIpc) is 3.50. The fraction of sp³-hybridized carbons (Fsp3) is 0.458. The molecule has 2 aliphatic rings. The summed E-state index contributed by atoms with van der Waals surface area (Å²) in [5, 5.41) is 13.1. The van der Waals surface area contributed by atoms with Gasteiger partial charge in [-0.25, -0.2) is 4.79 Å². The van der Waals surface area contributed by atoms with Crippen molar-refractivity contribution in [1.29, 1.82) is 0 Å². The molecule has 0 bridgehead atoms. The second-order valence-electron chi connectivity index (χ2n) is 8.55. The van der Waals surface area contributed by atoms with Crippen LogP contribution in [0.4, 0.5) is 5.69 Å². The Labute approximate surface area is 198 Å². The van der Waals surface area contributed by atoms with Gasteiger partial charge in [0.25, 0.3) is 5.91 Å². The van der Waals surface area contributed by atoms with Crippen LogP contribution in [0.1, 0.15) is 36.5 Å². The van der Waals surface area contributed by atoms with Crippen LogP contribution in [-0.2, 0) is 21.4 Å². The average molecular weight is 467 g/mol. The monoisotopic (exact) mass is 466 g/mol. The van der Waals surface area contributed by atoms with Crippen LogP contribution in [0.2, 0.25) is 0 Å². The van der Waals surface area contributed by atoms with Crippen molar-refractivity contribution in [2.75, 3.05) is 31.3 Å². The van der Waals surface area contributed by atoms with Gasteiger partial charge < -0.3 is 15.0 Å². The molecular weight excluding hydrogens is 436 g/mol. The number of hydrazone groups is 1. The van der Waals surface area contributed by atoms with Crippen molar-refractivity contribution >= 4 is 29.2 Å². The summed E-state index contributed by atoms with van der Waals surface area (Å²) in [6.45, 7) is 3.76. The van der Waals surface area contributed by atoms with Crippen LogP contribution < -0.4 is 10.3 Å². The number of hydrogen-bond acceptors (Lipinski definition) is 7. The highest BCUT2D eigenvalue weighted by Gasteiger charge is 2.39. The quantitative estimate of drug-likeness (QED) is 0.621. The lowest BCUT2D eigenvalue weighted by Gasteiger charge is -2.35. The molecule has 2 amide bonds. The Balaban J connectivity index is 1.35. The molecule has 3 heterocycles. The number of nitrogens with one attached hydrogen (secondary N) is 1. The van der Waals surface area contributed by atoms with Crippen LogP contribution >= 0.6 is 0 Å². The summed E-state index contributed by atoms with van der Waals surface area (Å²) in [4.78, 5) is 39.8. The molecule has 0 radical (unpaired) electrons. The molecule has 1 saturated heterocycles. The first-order valence-electron chi connectivity index (χ1n) is 11.6. The number of benzene rings is 1. The lowest BCUT2D eigenvalue weighted by Crippen LogP contribution is -2.49. The van der Waals surface area contributed by atoms with E-state index >= 15 is 0 Å². The molecule has 34 heavy (non-hydrogen) atoms. The van der Waals surface area contributed by atoms with E-state index in [9.17, 15) is 14.4 Å². The molecule has 0 aliphatic carbocycles. The maximum Gasteiger partial charge on any atom is 0.354 e. The van der Waals surface area contributed by atoms with Crippen molar-refractivity contribution in [3.8, 4) is 0 Å². The highest BCUT2D eigenvalue weighted by atomic mass is 16.5. The summed E-state index contributed by atoms with van der Waals surface area (Å²) in [7, 11) is 1.77. The smallest absolute Gasteiger partial charge is 0.354 e. The Bertz CT molecular complexity index is 1060. The summed E-state index contributed by atoms with van der Waals surface area (Å²) >= 11 is 0. The first-order chi connectivity index (χ1) is 16.5. The van der Waals surface area contributed by atoms with Gasteiger partial charge in [-0.05, 0) is 37.8 Å². The van der Waals surface area contributed by atoms with E-state index in [0.717, 1.165) is 18.5 Å². The summed E-state index contributed by atoms with van der Waals surface area (Å²) in [5.74, 6) is -0.379. The minimum absolute atomic E-state index is 0.0512. The number of rotatable bonds is 7. The number of anilines is 1. The van der Waals surface area contributed by atoms with Crippen molar-refractivity contribution in [1.82, 2.24) is 20.0 Å². The van der Waals surface area contributed by atoms with Gasteiger partial charge in [-0.2, -0.15) is 10.2 Å². The number of para-hydroxylation sites is 1. The molecule has 1 atom stereocenters. The van der Waals surface area contributed by atoms with Gasteiger partial charge in [-0.15, -0.1) is 0 Å². The Morgan fingerprint density at radius 1 is 1.15 bits per heavy atom. The summed E-state index contributed by atoms with van der Waals surface area (Å²) in [5.41, 5.74) is 1.56. The van der Waals surface area contributed by atoms with Gasteiger partial charge in [0.2, 0.25) is 5.91 Å². The molecule has 0 spiro atoms. The predicted molar refractivity (Wildman–Crippen MR) is 126 cm³/mol. The molecule has 1 fully saturated rings. The molecule has 2 aliphatic heterocycles. The highest BCUT2D eigenvalue weighted by Crippen LogP contribution is 2.27. The predicted octanol–water partition coefficient (Wildman–Crippen LogP) is 1.59. The molecule has 180 valence electrons. The number of hydrogen-bond donors (Lipinski definition) is 1. The SMILES string of the molecule is CCOC(=O)C1=NN(c2ccccc2)C(C(=O)N2CCC(CNC(=O)c3cnn(C)c3)CC2)C1. The maximum absolute atomic E-state index is 13.5. The van der Waals surface area contributed by atoms with Crippen molar-refractivity contribution in [3.63, 3.8) is 0 Å². The fourth-order valence-electron chi connectivity index (χ4n) is 4.30. The van der Waals surface area contributed by atoms with Crippen LogP contribution in [0.15, 0.2) is 47.8 Å². The van der Waals surface area contributed by atoms with E-state index in [1.807, 2.05) is 35.2 Å². The Kier molecular flexibility index (Phi) is 7.24. The Morgan fingerprint density at radius 2 is 1.88 bits per heavy atom. The van der Waals surface area contributed by atoms with Gasteiger partial charge >= 0.3 is 5.97 Å². The molecule has 10 heteroatoms. The number of aryl methyl sites for hydroxylation is 1. The third-order valence-electron chi connectivity index (χ3n) is 6.17. The summed E-state index contributed by atoms with van der Waals surface area (Å²) in [6, 6.07) is 8.80. The lowest BCUT2D eigenvalue weighted by molar-refractivity contribution is -0.135. The topological polar surface area (TPSA) is 109 Å². The number of ether oxygens (including phenoxy) is 1. The van der Waals surface area contributed by atoms with E-state index in [2.05, 4.69) is 15.5 Å². The molecule has 2 aromatic rings. The molecule has 0 saturated carbocycles. The summed E-state index contributed by atoms with van der Waals surface area (Å²) < 4.78 is 6.71. The van der Waals surface area contributed by atoms with E-state index in [4.69, 9.17) is 4.74 Å². The zero-order chi connectivity index (χ0) is 24.1. The zero-order valence-corrected chi connectivity index (χ0v) is 19.5. The van der Waals surface area contributed by atoms with Gasteiger partial charge in [-0.3, -0.25) is 19.3 Å². The van der Waals surface area contributed by atoms with Crippen molar-refractivity contribution in [2.24, 2.45) is 18.1 Å². The van der Waals surface area contributed by atoms with Gasteiger partial charge in [0, 0.05) is 39.3 Å². The molecule has 10 nitrogen and oxygen atoms in total.